The minimum absolute atomic E-state index is 0.00891. The predicted octanol–water partition coefficient (Wildman–Crippen LogP) is 10.8. The lowest BCUT2D eigenvalue weighted by atomic mass is 9.44. The maximum absolute atomic E-state index is 13.7. The zero-order chi connectivity index (χ0) is 62.6. The van der Waals surface area contributed by atoms with Crippen LogP contribution >= 0.6 is 21.6 Å². The number of nitrogens with two attached hydrogens (primary N) is 1. The average Bonchev–Trinajstić information content (AvgIpc) is 1.39. The molecule has 4 aromatic carbocycles. The van der Waals surface area contributed by atoms with Crippen molar-refractivity contribution >= 4 is 33.6 Å². The summed E-state index contributed by atoms with van der Waals surface area (Å²) in [5.41, 5.74) is 17.2. The number of aromatic hydroxyl groups is 2. The van der Waals surface area contributed by atoms with E-state index >= 15 is 0 Å². The van der Waals surface area contributed by atoms with Crippen molar-refractivity contribution in [3.05, 3.63) is 140 Å². The third-order valence-electron chi connectivity index (χ3n) is 23.6. The van der Waals surface area contributed by atoms with Gasteiger partial charge in [-0.25, -0.2) is 0 Å². The summed E-state index contributed by atoms with van der Waals surface area (Å²) < 4.78 is 34.3. The molecule has 3 spiro atoms. The monoisotopic (exact) mass is 1280 g/mol. The summed E-state index contributed by atoms with van der Waals surface area (Å²) in [6, 6.07) is 17.3. The van der Waals surface area contributed by atoms with Gasteiger partial charge in [0.05, 0.1) is 30.4 Å². The molecule has 92 heavy (non-hydrogen) atoms. The Labute approximate surface area is 547 Å². The zero-order valence-corrected chi connectivity index (χ0v) is 54.2. The molecule has 6 heterocycles. The van der Waals surface area contributed by atoms with Crippen LogP contribution in [0.1, 0.15) is 146 Å². The number of dihydropyridines is 1. The molecule has 480 valence electrons. The maximum Gasteiger partial charge on any atom is 0.302 e. The largest absolute Gasteiger partial charge is 0.508 e. The Morgan fingerprint density at radius 2 is 1.82 bits per heavy atom. The molecule has 14 nitrogen and oxygen atoms in total. The number of phenolic OH excluding ortho intramolecular Hbond substituents is 2. The number of benzene rings is 4. The number of fused-ring (bicyclic) bond motifs is 12. The van der Waals surface area contributed by atoms with Gasteiger partial charge in [-0.15, -0.1) is 0 Å². The average molecular weight is 1280 g/mol. The van der Waals surface area contributed by atoms with Gasteiger partial charge in [-0.2, -0.15) is 0 Å². The van der Waals surface area contributed by atoms with E-state index in [1.165, 1.54) is 24.5 Å². The molecule has 11 bridgehead atoms. The van der Waals surface area contributed by atoms with Gasteiger partial charge in [-0.05, 0) is 133 Å². The number of hydrogen-bond donors (Lipinski definition) is 8. The Kier molecular flexibility index (Phi) is 15.9. The molecule has 4 fully saturated rings. The minimum Gasteiger partial charge on any atom is -0.508 e. The van der Waals surface area contributed by atoms with Crippen molar-refractivity contribution < 1.29 is 48.9 Å². The van der Waals surface area contributed by atoms with Crippen LogP contribution < -0.4 is 35.9 Å². The van der Waals surface area contributed by atoms with Gasteiger partial charge in [0.1, 0.15) is 42.0 Å². The molecule has 9 N–H and O–H groups in total. The molecule has 0 radical (unpaired) electrons. The first-order valence-corrected chi connectivity index (χ1v) is 36.3. The molecule has 4 aromatic rings. The third kappa shape index (κ3) is 10.0. The summed E-state index contributed by atoms with van der Waals surface area (Å²) in [6.07, 6.45) is 24.3. The van der Waals surface area contributed by atoms with Crippen LogP contribution in [0.2, 0.25) is 0 Å². The van der Waals surface area contributed by atoms with E-state index in [0.717, 1.165) is 108 Å². The number of phenols is 2. The highest BCUT2D eigenvalue weighted by Gasteiger charge is 2.64. The first-order chi connectivity index (χ1) is 44.9. The number of carbonyl (C=O) groups excluding carboxylic acids is 1. The predicted molar refractivity (Wildman–Crippen MR) is 358 cm³/mol. The number of aliphatic hydroxyl groups is 2. The molecule has 16 atom stereocenters. The minimum atomic E-state index is -0.888. The second kappa shape index (κ2) is 24.2. The van der Waals surface area contributed by atoms with Gasteiger partial charge >= 0.3 is 5.97 Å². The van der Waals surface area contributed by atoms with Crippen molar-refractivity contribution in [3.63, 3.8) is 0 Å². The molecule has 1 unspecified atom stereocenters. The topological polar surface area (TPSA) is 206 Å². The van der Waals surface area contributed by atoms with E-state index in [2.05, 4.69) is 112 Å². The fourth-order valence-corrected chi connectivity index (χ4v) is 22.5. The number of allylic oxidation sites excluding steroid dienone is 5. The van der Waals surface area contributed by atoms with E-state index in [1.807, 2.05) is 27.7 Å². The molecule has 6 aliphatic carbocycles. The standard InChI is InChI=1S/C76H84N4O10S2/c1-42(83)87-37-59-53-15-16-55-65-47(30-52(84)31-62(65)88-41-82)32-75-26-25-74(40-75)24-22-49-9-3-4-23-76(49)50-10-5-7-43(28-50)27-46-13-12-45(14-19-60-54(73(74)76)18-21-64(77)80-60)66-57(34-78-33-48(35-81)58(46)36-86-2)69(85)72-56(67(66)70(59)90-71(53)68(55)75)17-20-61-63(89-72)39-92-91-38-44-8-6-11-51(29-44)79-61/h5,7,10,15-18,20-22,24,28,30-31,44-46,48-49,51,58-59,61,63-64,70,73,78-82,84-85H,3-4,6,8-9,11,23,25-27,29,32-41,77H2,1-2H3/t44-,45-,46+,48+,49-,51+,58+,59+,61+,63+,64?,70+,73-,74+,75+,76-/m1/s1. The lowest BCUT2D eigenvalue weighted by molar-refractivity contribution is -0.141. The summed E-state index contributed by atoms with van der Waals surface area (Å²) in [7, 11) is 5.48. The lowest BCUT2D eigenvalue weighted by Gasteiger charge is -2.59. The normalized spacial score (nSPS) is 34.8. The molecular formula is C76H84N4O10S2. The van der Waals surface area contributed by atoms with Gasteiger partial charge in [-0.1, -0.05) is 125 Å². The van der Waals surface area contributed by atoms with E-state index < -0.39 is 53.1 Å². The van der Waals surface area contributed by atoms with Crippen LogP contribution in [0.15, 0.2) is 90.2 Å². The molecule has 1 saturated heterocycles. The van der Waals surface area contributed by atoms with Gasteiger partial charge in [-0.3, -0.25) is 4.79 Å². The van der Waals surface area contributed by atoms with Gasteiger partial charge < -0.3 is 65.8 Å². The number of rotatable bonds is 7. The van der Waals surface area contributed by atoms with Crippen LogP contribution in [0.4, 0.5) is 0 Å². The van der Waals surface area contributed by atoms with Crippen LogP contribution in [0.3, 0.4) is 0 Å². The molecule has 0 aromatic heterocycles. The SMILES string of the molecule is COC[C@@H]1[C@H](CO)CNCc2c(O)c3c(c4c2[C@H]2C#CC5=C(C=CC(N)N5)[C@@H]5[C@@]6(C=C[C@H]7CCCC[C@@]57c5cccc(c5)C[C@@H]1C#C2)CC[C@]1(Cc2cc(O)cc(OCO)c2-c2ccc5c(c21)O[C@H]4[C@H]5COC(C)=O)C6)C=C[C@@H]1N[C@H]2CCC[C@@H](CSSC[C@@H]1O3)C2. The maximum atomic E-state index is 13.7. The van der Waals surface area contributed by atoms with Gasteiger partial charge in [0.15, 0.2) is 18.3 Å². The van der Waals surface area contributed by atoms with Crippen molar-refractivity contribution in [2.24, 2.45) is 46.7 Å². The fraction of sp³-hybridized carbons (Fsp3) is 0.513. The smallest absolute Gasteiger partial charge is 0.302 e. The lowest BCUT2D eigenvalue weighted by Crippen LogP contribution is -2.55. The summed E-state index contributed by atoms with van der Waals surface area (Å²) in [5, 5.41) is 59.4. The molecule has 3 saturated carbocycles. The highest BCUT2D eigenvalue weighted by molar-refractivity contribution is 8.76. The Balaban J connectivity index is 1.05. The Morgan fingerprint density at radius 1 is 0.913 bits per heavy atom. The number of methoxy groups -OCH3 is 1. The van der Waals surface area contributed by atoms with E-state index in [9.17, 15) is 25.2 Å². The highest BCUT2D eigenvalue weighted by Crippen LogP contribution is 2.72. The number of carbonyl (C=O) groups is 1. The Bertz CT molecular complexity index is 3920. The highest BCUT2D eigenvalue weighted by atomic mass is 33.1. The summed E-state index contributed by atoms with van der Waals surface area (Å²) in [6.45, 7) is 1.61. The fourth-order valence-electron chi connectivity index (χ4n) is 19.8. The number of nitrogens with one attached hydrogen (secondary N) is 3. The number of aliphatic hydroxyl groups excluding tert-OH is 2. The summed E-state index contributed by atoms with van der Waals surface area (Å²) >= 11 is 0. The summed E-state index contributed by atoms with van der Waals surface area (Å²) in [5.74, 6) is 16.9. The van der Waals surface area contributed by atoms with Crippen LogP contribution in [0.5, 0.6) is 28.7 Å². The van der Waals surface area contributed by atoms with Gasteiger partial charge in [0, 0.05) is 125 Å². The molecule has 16 heteroatoms. The van der Waals surface area contributed by atoms with Crippen LogP contribution in [-0.4, -0.2) is 103 Å². The van der Waals surface area contributed by atoms with Crippen molar-refractivity contribution in [2.75, 3.05) is 51.8 Å². The van der Waals surface area contributed by atoms with E-state index in [0.29, 0.717) is 84.1 Å². The second-order valence-corrected chi connectivity index (χ2v) is 31.2. The van der Waals surface area contributed by atoms with Gasteiger partial charge in [0.25, 0.3) is 0 Å². The van der Waals surface area contributed by atoms with E-state index in [1.54, 1.807) is 13.2 Å². The van der Waals surface area contributed by atoms with E-state index in [4.69, 9.17) is 29.4 Å². The van der Waals surface area contributed by atoms with E-state index in [-0.39, 0.29) is 73.0 Å². The Morgan fingerprint density at radius 3 is 2.68 bits per heavy atom. The number of esters is 1. The van der Waals surface area contributed by atoms with Gasteiger partial charge in [0.2, 0.25) is 0 Å². The number of ether oxygens (including phenoxy) is 5. The molecule has 6 aliphatic heterocycles. The van der Waals surface area contributed by atoms with Crippen molar-refractivity contribution in [3.8, 4) is 63.6 Å². The van der Waals surface area contributed by atoms with Crippen molar-refractivity contribution in [1.29, 1.82) is 0 Å². The number of hydrogen-bond acceptors (Lipinski definition) is 16. The first kappa shape index (κ1) is 60.6. The molecule has 16 rings (SSSR count). The Hall–Kier alpha value is -6.31. The van der Waals surface area contributed by atoms with Crippen LogP contribution in [-0.2, 0) is 44.5 Å². The summed E-state index contributed by atoms with van der Waals surface area (Å²) in [4.78, 5) is 13.5. The van der Waals surface area contributed by atoms with Crippen LogP contribution in [0, 0.1) is 64.6 Å². The molecular weight excluding hydrogens is 1190 g/mol. The van der Waals surface area contributed by atoms with Crippen LogP contribution in [0.25, 0.3) is 17.2 Å². The molecule has 12 aliphatic rings. The van der Waals surface area contributed by atoms with Crippen molar-refractivity contribution in [1.82, 2.24) is 16.0 Å². The zero-order valence-electron chi connectivity index (χ0n) is 52.6. The third-order valence-corrected chi connectivity index (χ3v) is 26.1. The first-order valence-electron chi connectivity index (χ1n) is 33.8. The van der Waals surface area contributed by atoms with Crippen molar-refractivity contribution in [2.45, 2.75) is 150 Å². The quantitative estimate of drug-likeness (QED) is 0.0285. The second-order valence-electron chi connectivity index (χ2n) is 28.6. The molecule has 0 amide bonds.